The molecule has 2 aromatic rings. The molecule has 25 heavy (non-hydrogen) atoms. The van der Waals surface area contributed by atoms with Gasteiger partial charge in [0.25, 0.3) is 5.91 Å². The van der Waals surface area contributed by atoms with Crippen molar-refractivity contribution in [2.45, 2.75) is 43.9 Å². The highest BCUT2D eigenvalue weighted by atomic mass is 16.5. The summed E-state index contributed by atoms with van der Waals surface area (Å²) >= 11 is 0. The van der Waals surface area contributed by atoms with Crippen LogP contribution in [0.5, 0.6) is 0 Å². The summed E-state index contributed by atoms with van der Waals surface area (Å²) in [5, 5.41) is 4.24. The molecule has 6 nitrogen and oxygen atoms in total. The Kier molecular flexibility index (Phi) is 3.30. The Morgan fingerprint density at radius 1 is 1.40 bits per heavy atom. The highest BCUT2D eigenvalue weighted by molar-refractivity contribution is 5.93. The lowest BCUT2D eigenvalue weighted by atomic mass is 9.80. The molecule has 2 saturated carbocycles. The van der Waals surface area contributed by atoms with Crippen LogP contribution in [0.4, 0.5) is 0 Å². The lowest BCUT2D eigenvalue weighted by molar-refractivity contribution is 0.0765. The molecule has 2 aromatic heterocycles. The van der Waals surface area contributed by atoms with E-state index in [0.717, 1.165) is 49.1 Å². The van der Waals surface area contributed by atoms with Crippen molar-refractivity contribution in [1.82, 2.24) is 19.6 Å². The first-order chi connectivity index (χ1) is 12.2. The average molecular weight is 340 g/mol. The normalized spacial score (nSPS) is 28.5. The monoisotopic (exact) mass is 340 g/mol. The lowest BCUT2D eigenvalue weighted by Gasteiger charge is -2.24. The summed E-state index contributed by atoms with van der Waals surface area (Å²) in [5.41, 5.74) is 0.616. The third kappa shape index (κ3) is 2.41. The Bertz CT molecular complexity index is 806. The van der Waals surface area contributed by atoms with Gasteiger partial charge in [-0.3, -0.25) is 4.79 Å². The molecule has 0 radical (unpaired) electrons. The Hall–Kier alpha value is -2.11. The molecule has 1 saturated heterocycles. The zero-order valence-electron chi connectivity index (χ0n) is 14.6. The van der Waals surface area contributed by atoms with Gasteiger partial charge in [0.2, 0.25) is 5.89 Å². The molecule has 132 valence electrons. The van der Waals surface area contributed by atoms with Gasteiger partial charge in [0.15, 0.2) is 5.82 Å². The highest BCUT2D eigenvalue weighted by Crippen LogP contribution is 2.50. The predicted octanol–water partition coefficient (Wildman–Crippen LogP) is 2.55. The minimum atomic E-state index is -0.129. The van der Waals surface area contributed by atoms with E-state index in [0.29, 0.717) is 12.5 Å². The fourth-order valence-electron chi connectivity index (χ4n) is 4.76. The Balaban J connectivity index is 1.41. The van der Waals surface area contributed by atoms with Crippen molar-refractivity contribution in [3.8, 4) is 0 Å². The van der Waals surface area contributed by atoms with E-state index < -0.39 is 0 Å². The van der Waals surface area contributed by atoms with Gasteiger partial charge in [0.05, 0.1) is 5.41 Å². The van der Waals surface area contributed by atoms with Crippen LogP contribution in [0.3, 0.4) is 0 Å². The zero-order valence-corrected chi connectivity index (χ0v) is 14.6. The SMILES string of the molecule is Cn1cccc1C(=O)N1C[C@H]2CCC[C@@]2(c2nc(CC3CC3)no2)C1. The molecule has 5 rings (SSSR count). The van der Waals surface area contributed by atoms with Crippen LogP contribution in [0.15, 0.2) is 22.9 Å². The number of nitrogens with zero attached hydrogens (tertiary/aromatic N) is 4. The van der Waals surface area contributed by atoms with E-state index in [1.165, 1.54) is 19.3 Å². The Morgan fingerprint density at radius 3 is 3.04 bits per heavy atom. The van der Waals surface area contributed by atoms with Gasteiger partial charge < -0.3 is 14.0 Å². The molecule has 0 aromatic carbocycles. The van der Waals surface area contributed by atoms with Crippen molar-refractivity contribution in [3.63, 3.8) is 0 Å². The molecular formula is C19H24N4O2. The van der Waals surface area contributed by atoms with Crippen molar-refractivity contribution in [1.29, 1.82) is 0 Å². The van der Waals surface area contributed by atoms with E-state index in [9.17, 15) is 4.79 Å². The summed E-state index contributed by atoms with van der Waals surface area (Å²) in [4.78, 5) is 19.7. The van der Waals surface area contributed by atoms with Gasteiger partial charge in [-0.2, -0.15) is 4.98 Å². The maximum absolute atomic E-state index is 12.9. The van der Waals surface area contributed by atoms with Gasteiger partial charge in [-0.25, -0.2) is 0 Å². The van der Waals surface area contributed by atoms with Crippen LogP contribution < -0.4 is 0 Å². The molecule has 3 heterocycles. The first kappa shape index (κ1) is 15.2. The summed E-state index contributed by atoms with van der Waals surface area (Å²) in [5.74, 6) is 2.92. The second-order valence-corrected chi connectivity index (χ2v) is 8.10. The molecule has 3 fully saturated rings. The summed E-state index contributed by atoms with van der Waals surface area (Å²) in [6, 6.07) is 3.81. The number of aryl methyl sites for hydroxylation is 1. The van der Waals surface area contributed by atoms with Crippen LogP contribution in [0.25, 0.3) is 0 Å². The van der Waals surface area contributed by atoms with Crippen molar-refractivity contribution >= 4 is 5.91 Å². The first-order valence-electron chi connectivity index (χ1n) is 9.39. The molecule has 0 spiro atoms. The summed E-state index contributed by atoms with van der Waals surface area (Å²) in [7, 11) is 1.92. The molecule has 2 aliphatic carbocycles. The Morgan fingerprint density at radius 2 is 2.28 bits per heavy atom. The van der Waals surface area contributed by atoms with Crippen molar-refractivity contribution in [2.24, 2.45) is 18.9 Å². The Labute approximate surface area is 147 Å². The lowest BCUT2D eigenvalue weighted by Crippen LogP contribution is -2.35. The standard InChI is InChI=1S/C19H24N4O2/c1-22-9-3-5-15(22)17(24)23-11-14-4-2-8-19(14,12-23)18-20-16(21-25-18)10-13-6-7-13/h3,5,9,13-14H,2,4,6-8,10-12H2,1H3/t14-,19-/m1/s1. The third-order valence-electron chi connectivity index (χ3n) is 6.38. The van der Waals surface area contributed by atoms with Crippen LogP contribution in [0.2, 0.25) is 0 Å². The van der Waals surface area contributed by atoms with Gasteiger partial charge in [-0.05, 0) is 49.7 Å². The number of carbonyl (C=O) groups excluding carboxylic acids is 1. The number of hydrogen-bond donors (Lipinski definition) is 0. The number of likely N-dealkylation sites (tertiary alicyclic amines) is 1. The molecule has 0 bridgehead atoms. The first-order valence-corrected chi connectivity index (χ1v) is 9.39. The third-order valence-corrected chi connectivity index (χ3v) is 6.38. The molecule has 3 aliphatic rings. The number of carbonyl (C=O) groups is 1. The average Bonchev–Trinajstić information content (AvgIpc) is 2.99. The van der Waals surface area contributed by atoms with Crippen LogP contribution in [-0.2, 0) is 18.9 Å². The molecular weight excluding hydrogens is 316 g/mol. The molecule has 6 heteroatoms. The second-order valence-electron chi connectivity index (χ2n) is 8.10. The number of hydrogen-bond acceptors (Lipinski definition) is 4. The number of fused-ring (bicyclic) bond motifs is 1. The smallest absolute Gasteiger partial charge is 0.270 e. The van der Waals surface area contributed by atoms with Gasteiger partial charge in [0, 0.05) is 32.8 Å². The zero-order chi connectivity index (χ0) is 17.0. The molecule has 1 aliphatic heterocycles. The van der Waals surface area contributed by atoms with Gasteiger partial charge >= 0.3 is 0 Å². The second kappa shape index (κ2) is 5.44. The van der Waals surface area contributed by atoms with Gasteiger partial charge in [0.1, 0.15) is 5.69 Å². The topological polar surface area (TPSA) is 64.2 Å². The van der Waals surface area contributed by atoms with Crippen LogP contribution >= 0.6 is 0 Å². The van der Waals surface area contributed by atoms with Crippen LogP contribution in [0.1, 0.15) is 54.3 Å². The minimum absolute atomic E-state index is 0.110. The predicted molar refractivity (Wildman–Crippen MR) is 91.1 cm³/mol. The van der Waals surface area contributed by atoms with Crippen molar-refractivity contribution in [2.75, 3.05) is 13.1 Å². The summed E-state index contributed by atoms with van der Waals surface area (Å²) in [6.45, 7) is 1.50. The number of aromatic nitrogens is 3. The van der Waals surface area contributed by atoms with E-state index in [1.54, 1.807) is 0 Å². The van der Waals surface area contributed by atoms with E-state index >= 15 is 0 Å². The van der Waals surface area contributed by atoms with E-state index in [-0.39, 0.29) is 11.3 Å². The van der Waals surface area contributed by atoms with E-state index in [1.807, 2.05) is 34.8 Å². The van der Waals surface area contributed by atoms with Crippen molar-refractivity contribution < 1.29 is 9.32 Å². The maximum Gasteiger partial charge on any atom is 0.270 e. The molecule has 1 amide bonds. The minimum Gasteiger partial charge on any atom is -0.347 e. The van der Waals surface area contributed by atoms with Crippen LogP contribution in [0, 0.1) is 11.8 Å². The fraction of sp³-hybridized carbons (Fsp3) is 0.632. The van der Waals surface area contributed by atoms with E-state index in [2.05, 4.69) is 5.16 Å². The van der Waals surface area contributed by atoms with Gasteiger partial charge in [-0.15, -0.1) is 0 Å². The fourth-order valence-corrected chi connectivity index (χ4v) is 4.76. The highest BCUT2D eigenvalue weighted by Gasteiger charge is 2.55. The largest absolute Gasteiger partial charge is 0.347 e. The number of rotatable bonds is 4. The summed E-state index contributed by atoms with van der Waals surface area (Å²) in [6.07, 6.45) is 8.79. The molecule has 2 atom stereocenters. The quantitative estimate of drug-likeness (QED) is 0.858. The summed E-state index contributed by atoms with van der Waals surface area (Å²) < 4.78 is 7.61. The number of amides is 1. The molecule has 0 unspecified atom stereocenters. The van der Waals surface area contributed by atoms with Gasteiger partial charge in [-0.1, -0.05) is 11.6 Å². The maximum atomic E-state index is 12.9. The van der Waals surface area contributed by atoms with Crippen molar-refractivity contribution in [3.05, 3.63) is 35.7 Å². The molecule has 0 N–H and O–H groups in total. The van der Waals surface area contributed by atoms with Crippen LogP contribution in [-0.4, -0.2) is 38.6 Å². The van der Waals surface area contributed by atoms with E-state index in [4.69, 9.17) is 9.51 Å².